The monoisotopic (exact) mass is 1350 g/mol. The van der Waals surface area contributed by atoms with E-state index < -0.39 is 169 Å². The minimum Gasteiger partial charge on any atom is -0.370 e. The third kappa shape index (κ3) is 27.5. The molecule has 0 aliphatic carbocycles. The molecule has 32 heteroatoms. The molecule has 0 unspecified atom stereocenters. The molecule has 0 spiro atoms. The number of primary amides is 3. The van der Waals surface area contributed by atoms with E-state index in [-0.39, 0.29) is 83.0 Å². The van der Waals surface area contributed by atoms with Crippen molar-refractivity contribution in [2.75, 3.05) is 44.7 Å². The van der Waals surface area contributed by atoms with Gasteiger partial charge in [-0.1, -0.05) is 74.5 Å². The van der Waals surface area contributed by atoms with Crippen LogP contribution < -0.4 is 82.7 Å². The number of hydrogen-bond donors (Lipinski definition) is 15. The van der Waals surface area contributed by atoms with Crippen molar-refractivity contribution in [1.29, 1.82) is 0 Å². The average molecular weight is 1350 g/mol. The fraction of sp³-hybridized carbons (Fsp3) is 0.587. The van der Waals surface area contributed by atoms with Crippen molar-refractivity contribution in [2.45, 2.75) is 183 Å². The Morgan fingerprint density at radius 3 is 1.51 bits per heavy atom. The Hall–Kier alpha value is -8.91. The fourth-order valence-electron chi connectivity index (χ4n) is 11.0. The van der Waals surface area contributed by atoms with E-state index in [1.165, 1.54) is 21.6 Å². The van der Waals surface area contributed by atoms with Crippen LogP contribution in [0.25, 0.3) is 0 Å². The highest BCUT2D eigenvalue weighted by molar-refractivity contribution is 7.98. The number of benzene rings is 2. The minimum absolute atomic E-state index is 0.0736. The first-order chi connectivity index (χ1) is 45.2. The second-order valence-corrected chi connectivity index (χ2v) is 25.1. The average Bonchev–Trinajstić information content (AvgIpc) is 1.74. The molecule has 4 rings (SSSR count). The highest BCUT2D eigenvalue weighted by Crippen LogP contribution is 2.24. The van der Waals surface area contributed by atoms with Crippen LogP contribution in [0.3, 0.4) is 0 Å². The molecule has 2 aromatic carbocycles. The molecule has 2 saturated heterocycles. The van der Waals surface area contributed by atoms with Crippen LogP contribution in [0.1, 0.15) is 121 Å². The summed E-state index contributed by atoms with van der Waals surface area (Å²) in [4.78, 5) is 185. The highest BCUT2D eigenvalue weighted by atomic mass is 32.2. The van der Waals surface area contributed by atoms with Gasteiger partial charge in [-0.2, -0.15) is 11.8 Å². The van der Waals surface area contributed by atoms with E-state index in [1.807, 2.05) is 20.1 Å². The van der Waals surface area contributed by atoms with E-state index in [1.54, 1.807) is 60.7 Å². The van der Waals surface area contributed by atoms with Gasteiger partial charge in [0.1, 0.15) is 54.4 Å². The molecule has 0 radical (unpaired) electrons. The van der Waals surface area contributed by atoms with Gasteiger partial charge in [0, 0.05) is 45.3 Å². The van der Waals surface area contributed by atoms with E-state index in [0.717, 1.165) is 0 Å². The van der Waals surface area contributed by atoms with Crippen molar-refractivity contribution in [3.63, 3.8) is 0 Å². The molecule has 2 aromatic rings. The summed E-state index contributed by atoms with van der Waals surface area (Å²) in [5.41, 5.74) is 40.6. The van der Waals surface area contributed by atoms with Gasteiger partial charge >= 0.3 is 0 Å². The van der Waals surface area contributed by atoms with Crippen LogP contribution >= 0.6 is 11.8 Å². The largest absolute Gasteiger partial charge is 0.370 e. The van der Waals surface area contributed by atoms with Crippen LogP contribution in [0, 0.1) is 5.92 Å². The number of rotatable bonds is 42. The first-order valence-electron chi connectivity index (χ1n) is 32.2. The van der Waals surface area contributed by atoms with Crippen molar-refractivity contribution in [2.24, 2.45) is 51.0 Å². The Labute approximate surface area is 558 Å². The Kier molecular flexibility index (Phi) is 33.9. The van der Waals surface area contributed by atoms with Gasteiger partial charge in [0.05, 0.1) is 12.6 Å². The number of nitrogens with zero attached hydrogens (tertiary/aromatic N) is 3. The molecule has 524 valence electrons. The number of unbranched alkanes of at least 4 members (excludes halogenated alkanes) is 1. The molecular weight excluding hydrogens is 1250 g/mol. The van der Waals surface area contributed by atoms with E-state index in [4.69, 9.17) is 40.1 Å². The topological polar surface area (TPSA) is 519 Å². The fourth-order valence-corrected chi connectivity index (χ4v) is 11.5. The predicted octanol–water partition coefficient (Wildman–Crippen LogP) is -3.71. The lowest BCUT2D eigenvalue weighted by molar-refractivity contribution is -0.144. The van der Waals surface area contributed by atoms with Crippen molar-refractivity contribution in [1.82, 2.24) is 52.3 Å². The van der Waals surface area contributed by atoms with E-state index in [0.29, 0.717) is 55.4 Å². The standard InChI is InChI=1S/C63H98N18O13S/c1-37(2)33-45(57(89)74-41(53(68)85)27-32-95-3)73-52(84)36-72-54(86)46(34-38-15-6-4-7-16-38)78-58(90)47(35-39-17-8-5-9-18-39)79-56(88)42(23-25-50(66)82)75-55(87)43(24-26-51(67)83)76-59(91)49-22-14-31-81(49)62(94)44(20-10-11-28-64)77-60(92)48-21-13-30-80(48)61(93)40(65)19-12-29-71-63(69)70/h4-9,15-18,37,40-49H,10-14,19-36,64-65H2,1-3H3,(H2,66,82)(H2,67,83)(H2,68,85)(H,72,86)(H,73,84)(H,74,89)(H,75,87)(H,76,91)(H,77,92)(H,78,90)(H,79,88)(H4,69,70,71)/t40-,41-,42+,43-,44-,45+,46+,47-,48+,49-/m0/s1. The van der Waals surface area contributed by atoms with Gasteiger partial charge in [0.15, 0.2) is 5.96 Å². The smallest absolute Gasteiger partial charge is 0.245 e. The molecule has 0 bridgehead atoms. The van der Waals surface area contributed by atoms with Gasteiger partial charge in [0.2, 0.25) is 76.8 Å². The zero-order valence-electron chi connectivity index (χ0n) is 54.5. The lowest BCUT2D eigenvalue weighted by atomic mass is 10.0. The van der Waals surface area contributed by atoms with E-state index in [2.05, 4.69) is 47.5 Å². The summed E-state index contributed by atoms with van der Waals surface area (Å²) < 4.78 is 0. The second-order valence-electron chi connectivity index (χ2n) is 24.1. The van der Waals surface area contributed by atoms with Crippen molar-refractivity contribution >= 4 is 94.5 Å². The summed E-state index contributed by atoms with van der Waals surface area (Å²) in [6.45, 7) is 3.86. The van der Waals surface area contributed by atoms with Gasteiger partial charge < -0.3 is 92.5 Å². The van der Waals surface area contributed by atoms with E-state index in [9.17, 15) is 62.3 Å². The lowest BCUT2D eigenvalue weighted by Gasteiger charge is -2.32. The second kappa shape index (κ2) is 41.0. The summed E-state index contributed by atoms with van der Waals surface area (Å²) in [6.07, 6.45) is 3.12. The number of carbonyl (C=O) groups excluding carboxylic acids is 13. The first-order valence-corrected chi connectivity index (χ1v) is 33.6. The molecule has 2 aliphatic heterocycles. The molecule has 2 aliphatic rings. The van der Waals surface area contributed by atoms with Gasteiger partial charge in [-0.3, -0.25) is 67.3 Å². The molecule has 2 heterocycles. The molecule has 0 aromatic heterocycles. The number of thioether (sulfide) groups is 1. The maximum atomic E-state index is 14.7. The number of aliphatic imine (C=N–C) groups is 1. The summed E-state index contributed by atoms with van der Waals surface area (Å²) >= 11 is 1.45. The SMILES string of the molecule is CSCC[C@H](NC(=O)[C@@H](CC(C)C)NC(=O)CNC(=O)[C@@H](Cc1ccccc1)NC(=O)[C@H](Cc1ccccc1)NC(=O)[C@@H](CCC(N)=O)NC(=O)[C@H](CCC(N)=O)NC(=O)[C@@H]1CCCN1C(=O)[C@H](CCCCN)NC(=O)[C@H]1CCCN1C(=O)[C@@H](N)CCCN=C(N)N)C(N)=O. The number of nitrogens with one attached hydrogen (secondary N) is 8. The molecule has 2 fully saturated rings. The molecule has 0 saturated carbocycles. The summed E-state index contributed by atoms with van der Waals surface area (Å²) in [7, 11) is 0. The third-order valence-electron chi connectivity index (χ3n) is 16.0. The highest BCUT2D eigenvalue weighted by Gasteiger charge is 2.42. The Bertz CT molecular complexity index is 2960. The number of likely N-dealkylation sites (tertiary alicyclic amines) is 2. The summed E-state index contributed by atoms with van der Waals surface area (Å²) in [5, 5.41) is 21.1. The minimum atomic E-state index is -1.64. The molecule has 95 heavy (non-hydrogen) atoms. The van der Waals surface area contributed by atoms with Crippen LogP contribution in [0.15, 0.2) is 65.7 Å². The number of nitrogens with two attached hydrogens (primary N) is 7. The normalized spacial score (nSPS) is 16.8. The Balaban J connectivity index is 1.56. The van der Waals surface area contributed by atoms with Crippen molar-refractivity contribution < 1.29 is 62.3 Å². The predicted molar refractivity (Wildman–Crippen MR) is 356 cm³/mol. The van der Waals surface area contributed by atoms with Gasteiger partial charge in [-0.05, 0) is 119 Å². The number of carbonyl (C=O) groups is 13. The van der Waals surface area contributed by atoms with Crippen molar-refractivity contribution in [3.05, 3.63) is 71.8 Å². The van der Waals surface area contributed by atoms with Crippen LogP contribution in [-0.4, -0.2) is 198 Å². The quantitative estimate of drug-likeness (QED) is 0.0173. The zero-order chi connectivity index (χ0) is 70.1. The maximum absolute atomic E-state index is 14.7. The van der Waals surface area contributed by atoms with Crippen LogP contribution in [-0.2, 0) is 75.2 Å². The van der Waals surface area contributed by atoms with Crippen LogP contribution in [0.2, 0.25) is 0 Å². The first kappa shape index (κ1) is 78.5. The Morgan fingerprint density at radius 1 is 0.537 bits per heavy atom. The molecule has 13 amide bonds. The number of guanidine groups is 1. The number of amides is 13. The summed E-state index contributed by atoms with van der Waals surface area (Å²) in [5.74, 6) is -9.80. The summed E-state index contributed by atoms with van der Waals surface area (Å²) in [6, 6.07) is 4.51. The zero-order valence-corrected chi connectivity index (χ0v) is 55.3. The van der Waals surface area contributed by atoms with Crippen LogP contribution in [0.5, 0.6) is 0 Å². The van der Waals surface area contributed by atoms with Gasteiger partial charge in [-0.25, -0.2) is 0 Å². The molecule has 10 atom stereocenters. The van der Waals surface area contributed by atoms with Crippen molar-refractivity contribution in [3.8, 4) is 0 Å². The third-order valence-corrected chi connectivity index (χ3v) is 16.7. The Morgan fingerprint density at radius 2 is 1.01 bits per heavy atom. The van der Waals surface area contributed by atoms with Crippen LogP contribution in [0.4, 0.5) is 0 Å². The number of hydrogen-bond acceptors (Lipinski definition) is 17. The maximum Gasteiger partial charge on any atom is 0.245 e. The molecule has 31 nitrogen and oxygen atoms in total. The van der Waals surface area contributed by atoms with Gasteiger partial charge in [-0.15, -0.1) is 0 Å². The lowest BCUT2D eigenvalue weighted by Crippen LogP contribution is -2.60. The van der Waals surface area contributed by atoms with Gasteiger partial charge in [0.25, 0.3) is 0 Å². The molecular formula is C63H98N18O13S. The molecule has 22 N–H and O–H groups in total. The van der Waals surface area contributed by atoms with E-state index >= 15 is 0 Å².